The molecule has 0 spiro atoms. The first-order valence-corrected chi connectivity index (χ1v) is 12.2. The van der Waals surface area contributed by atoms with Crippen LogP contribution in [0.15, 0.2) is 24.3 Å². The van der Waals surface area contributed by atoms with E-state index in [2.05, 4.69) is 19.2 Å². The van der Waals surface area contributed by atoms with Crippen molar-refractivity contribution >= 4 is 5.69 Å². The zero-order valence-electron chi connectivity index (χ0n) is 19.5. The number of aliphatic hydroxyl groups excluding tert-OH is 2. The maximum absolute atomic E-state index is 9.81. The number of ether oxygens (including phenoxy) is 1. The molecule has 0 aliphatic heterocycles. The van der Waals surface area contributed by atoms with Crippen LogP contribution in [0.1, 0.15) is 97.3 Å². The molecule has 1 radical (unpaired) electrons. The molecule has 0 aliphatic rings. The van der Waals surface area contributed by atoms with Gasteiger partial charge >= 0.3 is 0 Å². The van der Waals surface area contributed by atoms with Gasteiger partial charge in [-0.25, -0.2) is 0 Å². The van der Waals surface area contributed by atoms with Crippen molar-refractivity contribution in [2.24, 2.45) is 0 Å². The van der Waals surface area contributed by atoms with Crippen LogP contribution in [0.2, 0.25) is 0 Å². The van der Waals surface area contributed by atoms with Crippen molar-refractivity contribution < 1.29 is 14.9 Å². The lowest BCUT2D eigenvalue weighted by Crippen LogP contribution is -2.34. The lowest BCUT2D eigenvalue weighted by atomic mass is 10.1. The molecular formula is C26H46NO3. The van der Waals surface area contributed by atoms with Crippen LogP contribution < -0.4 is 10.1 Å². The van der Waals surface area contributed by atoms with Gasteiger partial charge in [-0.15, -0.1) is 0 Å². The van der Waals surface area contributed by atoms with E-state index in [0.29, 0.717) is 6.42 Å². The normalized spacial score (nSPS) is 14.3. The molecule has 173 valence electrons. The highest BCUT2D eigenvalue weighted by Gasteiger charge is 2.17. The Balaban J connectivity index is 2.11. The summed E-state index contributed by atoms with van der Waals surface area (Å²) in [6.07, 6.45) is 15.2. The van der Waals surface area contributed by atoms with E-state index in [1.807, 2.05) is 24.3 Å². The van der Waals surface area contributed by atoms with E-state index < -0.39 is 12.2 Å². The number of benzene rings is 1. The number of unbranched alkanes of at least 4 members (excludes halogenated alkanes) is 11. The molecule has 4 heteroatoms. The third kappa shape index (κ3) is 13.9. The minimum Gasteiger partial charge on any atom is -0.494 e. The second-order valence-electron chi connectivity index (χ2n) is 8.67. The molecule has 0 bridgehead atoms. The van der Waals surface area contributed by atoms with Gasteiger partial charge in [-0.05, 0) is 38.8 Å². The Morgan fingerprint density at radius 1 is 0.900 bits per heavy atom. The van der Waals surface area contributed by atoms with Gasteiger partial charge in [-0.3, -0.25) is 0 Å². The van der Waals surface area contributed by atoms with Crippen LogP contribution in [-0.2, 0) is 0 Å². The predicted octanol–water partition coefficient (Wildman–Crippen LogP) is 6.51. The minimum atomic E-state index is -0.787. The second-order valence-corrected chi connectivity index (χ2v) is 8.67. The monoisotopic (exact) mass is 420 g/mol. The van der Waals surface area contributed by atoms with Crippen molar-refractivity contribution in [3.8, 4) is 5.75 Å². The molecule has 0 saturated carbocycles. The molecule has 0 aromatic heterocycles. The third-order valence-corrected chi connectivity index (χ3v) is 5.51. The Bertz CT molecular complexity index is 519. The predicted molar refractivity (Wildman–Crippen MR) is 128 cm³/mol. The lowest BCUT2D eigenvalue weighted by Gasteiger charge is -2.24. The average molecular weight is 421 g/mol. The molecule has 0 saturated heterocycles. The molecule has 0 fully saturated rings. The van der Waals surface area contributed by atoms with Crippen molar-refractivity contribution in [3.05, 3.63) is 31.2 Å². The molecule has 1 aromatic rings. The van der Waals surface area contributed by atoms with Crippen molar-refractivity contribution in [1.82, 2.24) is 0 Å². The summed E-state index contributed by atoms with van der Waals surface area (Å²) in [6, 6.07) is 7.48. The van der Waals surface area contributed by atoms with Gasteiger partial charge in [0.15, 0.2) is 0 Å². The average Bonchev–Trinajstić information content (AvgIpc) is 2.71. The van der Waals surface area contributed by atoms with E-state index in [-0.39, 0.29) is 6.04 Å². The van der Waals surface area contributed by atoms with Gasteiger partial charge in [-0.1, -0.05) is 83.6 Å². The van der Waals surface area contributed by atoms with Crippen LogP contribution in [0, 0.1) is 6.92 Å². The highest BCUT2D eigenvalue weighted by atomic mass is 16.5. The van der Waals surface area contributed by atoms with E-state index in [4.69, 9.17) is 4.74 Å². The highest BCUT2D eigenvalue weighted by Crippen LogP contribution is 2.20. The van der Waals surface area contributed by atoms with Gasteiger partial charge in [0.25, 0.3) is 0 Å². The summed E-state index contributed by atoms with van der Waals surface area (Å²) in [4.78, 5) is 0. The van der Waals surface area contributed by atoms with Gasteiger partial charge in [0.2, 0.25) is 0 Å². The Morgan fingerprint density at radius 3 is 2.00 bits per heavy atom. The maximum Gasteiger partial charge on any atom is 0.121 e. The zero-order valence-corrected chi connectivity index (χ0v) is 19.5. The molecule has 3 unspecified atom stereocenters. The first-order chi connectivity index (χ1) is 14.5. The Hall–Kier alpha value is -1.26. The maximum atomic E-state index is 9.81. The van der Waals surface area contributed by atoms with Gasteiger partial charge in [-0.2, -0.15) is 0 Å². The van der Waals surface area contributed by atoms with Gasteiger partial charge in [0.1, 0.15) is 5.75 Å². The fourth-order valence-corrected chi connectivity index (χ4v) is 3.70. The van der Waals surface area contributed by atoms with Crippen LogP contribution in [0.5, 0.6) is 5.75 Å². The van der Waals surface area contributed by atoms with Crippen molar-refractivity contribution in [3.63, 3.8) is 0 Å². The summed E-state index contributed by atoms with van der Waals surface area (Å²) in [5.74, 6) is 0.831. The fraction of sp³-hybridized carbons (Fsp3) is 0.731. The number of hydrogen-bond donors (Lipinski definition) is 3. The Labute approximate surface area is 185 Å². The first kappa shape index (κ1) is 26.8. The summed E-state index contributed by atoms with van der Waals surface area (Å²) in [5, 5.41) is 22.6. The van der Waals surface area contributed by atoms with Crippen LogP contribution in [-0.4, -0.2) is 35.1 Å². The number of anilines is 1. The van der Waals surface area contributed by atoms with E-state index >= 15 is 0 Å². The van der Waals surface area contributed by atoms with E-state index in [1.165, 1.54) is 70.6 Å². The number of nitrogens with one attached hydrogen (secondary N) is 1. The number of aliphatic hydroxyl groups is 2. The summed E-state index contributed by atoms with van der Waals surface area (Å²) in [5.41, 5.74) is 0.871. The van der Waals surface area contributed by atoms with Crippen LogP contribution in [0.25, 0.3) is 0 Å². The number of rotatable bonds is 19. The topological polar surface area (TPSA) is 61.7 Å². The van der Waals surface area contributed by atoms with E-state index in [0.717, 1.165) is 24.5 Å². The van der Waals surface area contributed by atoms with Crippen molar-refractivity contribution in [2.45, 2.75) is 116 Å². The van der Waals surface area contributed by atoms with Crippen LogP contribution in [0.3, 0.4) is 0 Å². The molecule has 1 rings (SSSR count). The Kier molecular flexibility index (Phi) is 15.6. The van der Waals surface area contributed by atoms with Crippen LogP contribution in [0.4, 0.5) is 5.69 Å². The standard InChI is InChI=1S/C26H46NO3/c1-4-5-6-7-8-9-10-11-12-13-14-15-19-30-25-18-16-17-24(21-25)27-26(23(3)29)20-22(2)28/h16-18,21-23,26-29H,3-15,19-20H2,1-2H3. The van der Waals surface area contributed by atoms with Crippen molar-refractivity contribution in [2.75, 3.05) is 11.9 Å². The Morgan fingerprint density at radius 2 is 1.47 bits per heavy atom. The molecule has 3 N–H and O–H groups in total. The van der Waals surface area contributed by atoms with Gasteiger partial charge < -0.3 is 20.3 Å². The third-order valence-electron chi connectivity index (χ3n) is 5.51. The van der Waals surface area contributed by atoms with E-state index in [1.54, 1.807) is 6.92 Å². The fourth-order valence-electron chi connectivity index (χ4n) is 3.70. The highest BCUT2D eigenvalue weighted by molar-refractivity contribution is 5.49. The smallest absolute Gasteiger partial charge is 0.121 e. The first-order valence-electron chi connectivity index (χ1n) is 12.2. The quantitative estimate of drug-likeness (QED) is 0.223. The minimum absolute atomic E-state index is 0.295. The molecule has 4 nitrogen and oxygen atoms in total. The molecule has 0 heterocycles. The summed E-state index contributed by atoms with van der Waals surface area (Å²) >= 11 is 0. The molecule has 30 heavy (non-hydrogen) atoms. The second kappa shape index (κ2) is 17.4. The zero-order chi connectivity index (χ0) is 22.0. The summed E-state index contributed by atoms with van der Waals surface area (Å²) in [7, 11) is 0. The van der Waals surface area contributed by atoms with Crippen molar-refractivity contribution in [1.29, 1.82) is 0 Å². The van der Waals surface area contributed by atoms with Gasteiger partial charge in [0.05, 0.1) is 24.9 Å². The largest absolute Gasteiger partial charge is 0.494 e. The molecule has 3 atom stereocenters. The molecule has 0 aliphatic carbocycles. The molecule has 0 amide bonds. The summed E-state index contributed by atoms with van der Waals surface area (Å²) < 4.78 is 5.89. The van der Waals surface area contributed by atoms with E-state index in [9.17, 15) is 10.2 Å². The number of hydrogen-bond acceptors (Lipinski definition) is 4. The van der Waals surface area contributed by atoms with Gasteiger partial charge in [0, 0.05) is 11.8 Å². The lowest BCUT2D eigenvalue weighted by molar-refractivity contribution is 0.134. The SMILES string of the molecule is [CH2]C(O)C(CC(C)O)Nc1cccc(OCCCCCCCCCCCCCC)c1. The molecule has 1 aromatic carbocycles. The van der Waals surface area contributed by atoms with Crippen LogP contribution >= 0.6 is 0 Å². The molecular weight excluding hydrogens is 374 g/mol. The summed E-state index contributed by atoms with van der Waals surface area (Å²) in [6.45, 7) is 8.39.